The zero-order valence-electron chi connectivity index (χ0n) is 12.2. The number of aryl methyl sites for hydroxylation is 1. The largest absolute Gasteiger partial charge is 0.472 e. The summed E-state index contributed by atoms with van der Waals surface area (Å²) in [6.45, 7) is 0. The number of fused-ring (bicyclic) bond motifs is 1. The first-order chi connectivity index (χ1) is 10.6. The lowest BCUT2D eigenvalue weighted by atomic mass is 10.0. The molecule has 2 aromatic rings. The van der Waals surface area contributed by atoms with E-state index in [0.717, 1.165) is 22.5 Å². The first-order valence-corrected chi connectivity index (χ1v) is 7.04. The van der Waals surface area contributed by atoms with Crippen LogP contribution in [0.1, 0.15) is 17.5 Å². The average Bonchev–Trinajstić information content (AvgIpc) is 3.02. The van der Waals surface area contributed by atoms with Crippen LogP contribution in [0.4, 0.5) is 11.4 Å². The Bertz CT molecular complexity index is 732. The van der Waals surface area contributed by atoms with Crippen LogP contribution >= 0.6 is 0 Å². The first-order valence-electron chi connectivity index (χ1n) is 7.04. The number of nitrogens with one attached hydrogen (secondary N) is 1. The smallest absolute Gasteiger partial charge is 0.248 e. The van der Waals surface area contributed by atoms with Crippen molar-refractivity contribution in [3.05, 3.63) is 54.0 Å². The molecule has 22 heavy (non-hydrogen) atoms. The minimum absolute atomic E-state index is 0.118. The number of benzene rings is 1. The second-order valence-corrected chi connectivity index (χ2v) is 5.18. The molecule has 0 spiro atoms. The molecule has 2 heterocycles. The monoisotopic (exact) mass is 296 g/mol. The van der Waals surface area contributed by atoms with Crippen molar-refractivity contribution in [1.82, 2.24) is 0 Å². The van der Waals surface area contributed by atoms with Gasteiger partial charge in [0.1, 0.15) is 0 Å². The first kappa shape index (κ1) is 14.1. The van der Waals surface area contributed by atoms with Crippen LogP contribution in [0, 0.1) is 0 Å². The van der Waals surface area contributed by atoms with Gasteiger partial charge in [-0.1, -0.05) is 0 Å². The summed E-state index contributed by atoms with van der Waals surface area (Å²) in [5, 5.41) is 2.82. The van der Waals surface area contributed by atoms with Gasteiger partial charge in [0.05, 0.1) is 12.5 Å². The van der Waals surface area contributed by atoms with E-state index in [1.807, 2.05) is 12.1 Å². The van der Waals surface area contributed by atoms with E-state index in [1.165, 1.54) is 6.08 Å². The SMILES string of the molecule is CN1C(=O)CCc2cc(NC(=O)C=Cc3ccoc3)ccc21. The van der Waals surface area contributed by atoms with Gasteiger partial charge in [0.2, 0.25) is 11.8 Å². The highest BCUT2D eigenvalue weighted by atomic mass is 16.3. The van der Waals surface area contributed by atoms with Crippen molar-refractivity contribution in [2.45, 2.75) is 12.8 Å². The molecule has 5 nitrogen and oxygen atoms in total. The Morgan fingerprint density at radius 2 is 2.18 bits per heavy atom. The Balaban J connectivity index is 1.71. The molecule has 1 aliphatic heterocycles. The van der Waals surface area contributed by atoms with E-state index in [-0.39, 0.29) is 11.8 Å². The quantitative estimate of drug-likeness (QED) is 0.886. The maximum atomic E-state index is 11.9. The number of carbonyl (C=O) groups excluding carboxylic acids is 2. The van der Waals surface area contributed by atoms with Gasteiger partial charge in [0, 0.05) is 36.5 Å². The van der Waals surface area contributed by atoms with Crippen LogP contribution in [0.2, 0.25) is 0 Å². The third kappa shape index (κ3) is 2.93. The second kappa shape index (κ2) is 5.89. The topological polar surface area (TPSA) is 62.6 Å². The number of rotatable bonds is 3. The third-order valence-electron chi connectivity index (χ3n) is 3.66. The van der Waals surface area contributed by atoms with Gasteiger partial charge in [-0.2, -0.15) is 0 Å². The number of amides is 2. The summed E-state index contributed by atoms with van der Waals surface area (Å²) < 4.78 is 4.93. The summed E-state index contributed by atoms with van der Waals surface area (Å²) in [5.74, 6) is -0.0891. The van der Waals surface area contributed by atoms with Crippen molar-refractivity contribution < 1.29 is 14.0 Å². The van der Waals surface area contributed by atoms with E-state index in [1.54, 1.807) is 42.7 Å². The molecule has 0 atom stereocenters. The molecule has 3 rings (SSSR count). The Kier molecular flexibility index (Phi) is 3.78. The number of nitrogens with zero attached hydrogens (tertiary/aromatic N) is 1. The van der Waals surface area contributed by atoms with Crippen LogP contribution in [0.15, 0.2) is 47.3 Å². The molecule has 0 aliphatic carbocycles. The Hall–Kier alpha value is -2.82. The fraction of sp³-hybridized carbons (Fsp3) is 0.176. The zero-order chi connectivity index (χ0) is 15.5. The van der Waals surface area contributed by atoms with E-state index in [2.05, 4.69) is 5.32 Å². The van der Waals surface area contributed by atoms with Crippen molar-refractivity contribution in [2.24, 2.45) is 0 Å². The lowest BCUT2D eigenvalue weighted by Gasteiger charge is -2.26. The van der Waals surface area contributed by atoms with Crippen LogP contribution in [-0.4, -0.2) is 18.9 Å². The molecule has 5 heteroatoms. The minimum atomic E-state index is -0.207. The van der Waals surface area contributed by atoms with Crippen LogP contribution < -0.4 is 10.2 Å². The van der Waals surface area contributed by atoms with Crippen LogP contribution in [-0.2, 0) is 16.0 Å². The maximum Gasteiger partial charge on any atom is 0.248 e. The molecular formula is C17H16N2O3. The summed E-state index contributed by atoms with van der Waals surface area (Å²) in [7, 11) is 1.77. The molecule has 0 fully saturated rings. The lowest BCUT2D eigenvalue weighted by Crippen LogP contribution is -2.31. The number of carbonyl (C=O) groups is 2. The fourth-order valence-corrected chi connectivity index (χ4v) is 2.46. The van der Waals surface area contributed by atoms with E-state index >= 15 is 0 Å². The molecule has 112 valence electrons. The highest BCUT2D eigenvalue weighted by Crippen LogP contribution is 2.29. The predicted octanol–water partition coefficient (Wildman–Crippen LogP) is 2.84. The number of furan rings is 1. The highest BCUT2D eigenvalue weighted by molar-refractivity contribution is 6.02. The molecule has 0 unspecified atom stereocenters. The van der Waals surface area contributed by atoms with Crippen molar-refractivity contribution in [2.75, 3.05) is 17.3 Å². The number of hydrogen-bond acceptors (Lipinski definition) is 3. The minimum Gasteiger partial charge on any atom is -0.472 e. The second-order valence-electron chi connectivity index (χ2n) is 5.18. The Morgan fingerprint density at radius 3 is 2.95 bits per heavy atom. The van der Waals surface area contributed by atoms with Gasteiger partial charge >= 0.3 is 0 Å². The molecular weight excluding hydrogens is 280 g/mol. The van der Waals surface area contributed by atoms with E-state index < -0.39 is 0 Å². The lowest BCUT2D eigenvalue weighted by molar-refractivity contribution is -0.118. The molecule has 1 aromatic carbocycles. The summed E-state index contributed by atoms with van der Waals surface area (Å²) >= 11 is 0. The predicted molar refractivity (Wildman–Crippen MR) is 84.5 cm³/mol. The van der Waals surface area contributed by atoms with Crippen LogP contribution in [0.5, 0.6) is 0 Å². The molecule has 0 bridgehead atoms. The summed E-state index contributed by atoms with van der Waals surface area (Å²) in [6.07, 6.45) is 7.46. The highest BCUT2D eigenvalue weighted by Gasteiger charge is 2.20. The van der Waals surface area contributed by atoms with Gasteiger partial charge in [-0.05, 0) is 42.3 Å². The zero-order valence-corrected chi connectivity index (χ0v) is 12.2. The summed E-state index contributed by atoms with van der Waals surface area (Å²) in [4.78, 5) is 25.2. The number of anilines is 2. The maximum absolute atomic E-state index is 11.9. The molecule has 1 aromatic heterocycles. The number of hydrogen-bond donors (Lipinski definition) is 1. The summed E-state index contributed by atoms with van der Waals surface area (Å²) in [6, 6.07) is 7.36. The molecule has 1 N–H and O–H groups in total. The normalized spacial score (nSPS) is 14.2. The van der Waals surface area contributed by atoms with Crippen molar-refractivity contribution in [1.29, 1.82) is 0 Å². The van der Waals surface area contributed by atoms with Crippen molar-refractivity contribution in [3.8, 4) is 0 Å². The molecule has 0 radical (unpaired) electrons. The molecule has 2 amide bonds. The van der Waals surface area contributed by atoms with Crippen LogP contribution in [0.3, 0.4) is 0 Å². The van der Waals surface area contributed by atoms with E-state index in [4.69, 9.17) is 4.42 Å². The van der Waals surface area contributed by atoms with Crippen molar-refractivity contribution >= 4 is 29.3 Å². The van der Waals surface area contributed by atoms with Gasteiger partial charge in [-0.15, -0.1) is 0 Å². The van der Waals surface area contributed by atoms with E-state index in [9.17, 15) is 9.59 Å². The summed E-state index contributed by atoms with van der Waals surface area (Å²) in [5.41, 5.74) is 3.53. The molecule has 1 aliphatic rings. The van der Waals surface area contributed by atoms with Gasteiger partial charge in [-0.3, -0.25) is 9.59 Å². The van der Waals surface area contributed by atoms with Gasteiger partial charge < -0.3 is 14.6 Å². The fourth-order valence-electron chi connectivity index (χ4n) is 2.46. The van der Waals surface area contributed by atoms with Gasteiger partial charge in [0.25, 0.3) is 0 Å². The third-order valence-corrected chi connectivity index (χ3v) is 3.66. The van der Waals surface area contributed by atoms with Gasteiger partial charge in [0.15, 0.2) is 0 Å². The van der Waals surface area contributed by atoms with Crippen molar-refractivity contribution in [3.63, 3.8) is 0 Å². The Morgan fingerprint density at radius 1 is 1.32 bits per heavy atom. The van der Waals surface area contributed by atoms with E-state index in [0.29, 0.717) is 12.8 Å². The van der Waals surface area contributed by atoms with Gasteiger partial charge in [-0.25, -0.2) is 0 Å². The standard InChI is InChI=1S/C17H16N2O3/c1-19-15-5-4-14(10-13(15)3-7-17(19)21)18-16(20)6-2-12-8-9-22-11-12/h2,4-6,8-11H,3,7H2,1H3,(H,18,20). The Labute approximate surface area is 128 Å². The average molecular weight is 296 g/mol. The molecule has 0 saturated heterocycles. The van der Waals surface area contributed by atoms with Crippen LogP contribution in [0.25, 0.3) is 6.08 Å². The molecule has 0 saturated carbocycles.